The van der Waals surface area contributed by atoms with Crippen molar-refractivity contribution >= 4 is 37.3 Å². The topological polar surface area (TPSA) is 269 Å². The number of phenols is 6. The molecule has 0 radical (unpaired) electrons. The Hall–Kier alpha value is -7.90. The van der Waals surface area contributed by atoms with E-state index in [-0.39, 0.29) is 60.2 Å². The van der Waals surface area contributed by atoms with Crippen LogP contribution in [-0.4, -0.2) is 121 Å². The van der Waals surface area contributed by atoms with Crippen molar-refractivity contribution in [1.82, 2.24) is 0 Å². The molecule has 4 aromatic rings. The molecule has 328 valence electrons. The fraction of sp³-hybridized carbons (Fsp3) is 0.286. The average molecular weight is 859 g/mol. The van der Waals surface area contributed by atoms with Crippen LogP contribution in [0.2, 0.25) is 0 Å². The molecule has 6 N–H and O–H groups in total. The Bertz CT molecular complexity index is 2110. The first-order valence-corrected chi connectivity index (χ1v) is 19.0. The molecule has 2 atom stereocenters. The lowest BCUT2D eigenvalue weighted by Crippen LogP contribution is -2.32. The minimum Gasteiger partial charge on any atom is -0.504 e. The molecule has 20 heteroatoms. The first kappa shape index (κ1) is 45.2. The van der Waals surface area contributed by atoms with Crippen LogP contribution in [0.5, 0.6) is 46.0 Å². The van der Waals surface area contributed by atoms with Gasteiger partial charge in [-0.25, -0.2) is 0 Å². The molecular formula is C42H46N6O14. The zero-order valence-corrected chi connectivity index (χ0v) is 33.7. The molecule has 0 spiro atoms. The Balaban J connectivity index is 1.03. The first-order chi connectivity index (χ1) is 30.2. The summed E-state index contributed by atoms with van der Waals surface area (Å²) >= 11 is 0. The number of ether oxygens (including phenoxy) is 2. The molecule has 0 aromatic heterocycles. The Morgan fingerprint density at radius 1 is 0.419 bits per heavy atom. The van der Waals surface area contributed by atoms with Crippen LogP contribution in [0, 0.1) is 0 Å². The lowest BCUT2D eigenvalue weighted by molar-refractivity contribution is -0.0898. The smallest absolute Gasteiger partial charge is 0.167 e. The average Bonchev–Trinajstić information content (AvgIpc) is 3.28. The summed E-state index contributed by atoms with van der Waals surface area (Å²) in [5.41, 5.74) is 1.53. The summed E-state index contributed by atoms with van der Waals surface area (Å²) in [6.07, 6.45) is 9.56. The second-order valence-electron chi connectivity index (χ2n) is 13.0. The lowest BCUT2D eigenvalue weighted by atomic mass is 9.95. The third-order valence-corrected chi connectivity index (χ3v) is 8.94. The number of nitrogens with zero attached hydrogens (tertiary/aromatic N) is 6. The van der Waals surface area contributed by atoms with E-state index < -0.39 is 35.2 Å². The second kappa shape index (κ2) is 23.6. The maximum absolute atomic E-state index is 10.6. The predicted molar refractivity (Wildman–Crippen MR) is 226 cm³/mol. The summed E-state index contributed by atoms with van der Waals surface area (Å²) in [5.74, 6) is -1.33. The normalized spacial score (nSPS) is 15.6. The van der Waals surface area contributed by atoms with Crippen molar-refractivity contribution in [1.29, 1.82) is 0 Å². The van der Waals surface area contributed by atoms with E-state index in [2.05, 4.69) is 30.9 Å². The third kappa shape index (κ3) is 12.8. The maximum atomic E-state index is 10.6. The number of oxime groups is 6. The summed E-state index contributed by atoms with van der Waals surface area (Å²) in [4.78, 5) is 31.9. The van der Waals surface area contributed by atoms with Crippen molar-refractivity contribution in [3.8, 4) is 46.0 Å². The second-order valence-corrected chi connectivity index (χ2v) is 13.0. The molecule has 1 aliphatic rings. The monoisotopic (exact) mass is 858 g/mol. The van der Waals surface area contributed by atoms with E-state index in [4.69, 9.17) is 38.5 Å². The standard InChI is InChI=1S/C42H46N6O14/c1-55-35-11-5-7-27(37(35)49)21-43-57-17-19-59-45-23-29-13-15-31(41(53)39(29)51)25-47-61-33-9-3-4-10-34(33)62-48-26-32-16-14-30(40(52)42(32)54)24-46-60-20-18-58-44-22-28-8-6-12-36(56-2)38(28)50/h5-8,11-16,21-26,33-34,49-54H,3-4,9-10,17-20H2,1-2H3/b43-21+,44-22+,45-23+,46-24+,47-25+,48-26+/t33-,34-/m1/s1. The summed E-state index contributed by atoms with van der Waals surface area (Å²) in [6, 6.07) is 15.9. The van der Waals surface area contributed by atoms with Gasteiger partial charge in [-0.1, -0.05) is 43.1 Å². The molecule has 1 saturated carbocycles. The molecule has 0 aliphatic heterocycles. The van der Waals surface area contributed by atoms with Gasteiger partial charge in [0.25, 0.3) is 0 Å². The van der Waals surface area contributed by atoms with E-state index in [0.29, 0.717) is 35.5 Å². The molecule has 4 aromatic carbocycles. The van der Waals surface area contributed by atoms with Crippen molar-refractivity contribution < 1.29 is 69.1 Å². The number of para-hydroxylation sites is 2. The fourth-order valence-electron chi connectivity index (χ4n) is 5.63. The molecular weight excluding hydrogens is 812 g/mol. The van der Waals surface area contributed by atoms with Gasteiger partial charge in [0.15, 0.2) is 84.6 Å². The Morgan fingerprint density at radius 3 is 1.02 bits per heavy atom. The first-order valence-electron chi connectivity index (χ1n) is 19.0. The van der Waals surface area contributed by atoms with Crippen molar-refractivity contribution in [2.75, 3.05) is 40.6 Å². The van der Waals surface area contributed by atoms with Crippen LogP contribution in [0.3, 0.4) is 0 Å². The van der Waals surface area contributed by atoms with E-state index in [9.17, 15) is 30.6 Å². The molecule has 0 amide bonds. The van der Waals surface area contributed by atoms with Gasteiger partial charge in [0.05, 0.1) is 51.5 Å². The molecule has 1 fully saturated rings. The SMILES string of the molecule is COc1cccc(/C=N/OCCO/N=C/c2ccc(/C=N/O[C@@H]3CCCC[C@H]3O/N=C/c3ccc(/C=N/OCCO/N=C/c4cccc(OC)c4O)c(O)c3O)c(O)c2O)c1O. The number of methoxy groups -OCH3 is 2. The molecule has 62 heavy (non-hydrogen) atoms. The molecule has 1 aliphatic carbocycles. The third-order valence-electron chi connectivity index (χ3n) is 8.94. The van der Waals surface area contributed by atoms with Crippen LogP contribution in [0.1, 0.15) is 59.1 Å². The highest BCUT2D eigenvalue weighted by molar-refractivity contribution is 5.92. The van der Waals surface area contributed by atoms with Gasteiger partial charge in [0, 0.05) is 33.4 Å². The Kier molecular flexibility index (Phi) is 17.2. The Labute approximate surface area is 355 Å². The lowest BCUT2D eigenvalue weighted by Gasteiger charge is -2.27. The van der Waals surface area contributed by atoms with E-state index in [0.717, 1.165) is 12.8 Å². The van der Waals surface area contributed by atoms with Crippen molar-refractivity contribution in [2.24, 2.45) is 30.9 Å². The highest BCUT2D eigenvalue weighted by Crippen LogP contribution is 2.33. The summed E-state index contributed by atoms with van der Waals surface area (Å²) in [6.45, 7) is 0.125. The largest absolute Gasteiger partial charge is 0.504 e. The molecule has 5 rings (SSSR count). The van der Waals surface area contributed by atoms with E-state index >= 15 is 0 Å². The number of aromatic hydroxyl groups is 6. The van der Waals surface area contributed by atoms with Crippen molar-refractivity contribution in [3.63, 3.8) is 0 Å². The molecule has 0 heterocycles. The van der Waals surface area contributed by atoms with Crippen molar-refractivity contribution in [2.45, 2.75) is 37.9 Å². The number of rotatable bonds is 22. The van der Waals surface area contributed by atoms with Crippen LogP contribution in [0.4, 0.5) is 0 Å². The summed E-state index contributed by atoms with van der Waals surface area (Å²) < 4.78 is 10.1. The molecule has 20 nitrogen and oxygen atoms in total. The zero-order chi connectivity index (χ0) is 44.1. The number of hydrogen-bond acceptors (Lipinski definition) is 20. The van der Waals surface area contributed by atoms with Gasteiger partial charge in [0.1, 0.15) is 0 Å². The van der Waals surface area contributed by atoms with Crippen LogP contribution in [0.25, 0.3) is 0 Å². The number of benzene rings is 4. The van der Waals surface area contributed by atoms with Crippen molar-refractivity contribution in [3.05, 3.63) is 94.0 Å². The van der Waals surface area contributed by atoms with Gasteiger partial charge in [-0.3, -0.25) is 0 Å². The van der Waals surface area contributed by atoms with Gasteiger partial charge >= 0.3 is 0 Å². The molecule has 0 saturated heterocycles. The van der Waals surface area contributed by atoms with Crippen LogP contribution in [-0.2, 0) is 29.0 Å². The maximum Gasteiger partial charge on any atom is 0.167 e. The van der Waals surface area contributed by atoms with Gasteiger partial charge in [-0.05, 0) is 74.2 Å². The van der Waals surface area contributed by atoms with Gasteiger partial charge in [0.2, 0.25) is 0 Å². The molecule has 0 unspecified atom stereocenters. The van der Waals surface area contributed by atoms with Gasteiger partial charge in [-0.15, -0.1) is 0 Å². The zero-order valence-electron chi connectivity index (χ0n) is 33.7. The van der Waals surface area contributed by atoms with Crippen LogP contribution < -0.4 is 9.47 Å². The van der Waals surface area contributed by atoms with E-state index in [1.165, 1.54) is 75.8 Å². The van der Waals surface area contributed by atoms with E-state index in [1.807, 2.05) is 0 Å². The minimum absolute atomic E-state index is 0.0219. The highest BCUT2D eigenvalue weighted by atomic mass is 16.7. The quantitative estimate of drug-likeness (QED) is 0.0248. The Morgan fingerprint density at radius 2 is 0.710 bits per heavy atom. The van der Waals surface area contributed by atoms with Gasteiger partial charge < -0.3 is 69.1 Å². The highest BCUT2D eigenvalue weighted by Gasteiger charge is 2.29. The minimum atomic E-state index is -0.487. The number of hydrogen-bond donors (Lipinski definition) is 6. The molecule has 0 bridgehead atoms. The summed E-state index contributed by atoms with van der Waals surface area (Å²) in [5, 5.41) is 85.4. The predicted octanol–water partition coefficient (Wildman–Crippen LogP) is 5.45. The van der Waals surface area contributed by atoms with Crippen LogP contribution in [0.15, 0.2) is 91.6 Å². The van der Waals surface area contributed by atoms with Crippen LogP contribution >= 0.6 is 0 Å². The summed E-state index contributed by atoms with van der Waals surface area (Å²) in [7, 11) is 2.88. The number of phenolic OH excluding ortho intramolecular Hbond substituents is 6. The van der Waals surface area contributed by atoms with E-state index in [1.54, 1.807) is 36.4 Å². The fourth-order valence-corrected chi connectivity index (χ4v) is 5.63. The van der Waals surface area contributed by atoms with Gasteiger partial charge in [-0.2, -0.15) is 0 Å².